The molecule has 38 heavy (non-hydrogen) atoms. The predicted molar refractivity (Wildman–Crippen MR) is 141 cm³/mol. The highest BCUT2D eigenvalue weighted by atomic mass is 32.1. The predicted octanol–water partition coefficient (Wildman–Crippen LogP) is 4.62. The second-order valence-electron chi connectivity index (χ2n) is 8.67. The summed E-state index contributed by atoms with van der Waals surface area (Å²) in [5, 5.41) is 11.6. The Hall–Kier alpha value is -4.44. The number of thiazole rings is 1. The van der Waals surface area contributed by atoms with Crippen molar-refractivity contribution < 1.29 is 33.7 Å². The lowest BCUT2D eigenvalue weighted by atomic mass is 9.95. The molecule has 10 heteroatoms. The third-order valence-electron chi connectivity index (χ3n) is 6.11. The Labute approximate surface area is 222 Å². The van der Waals surface area contributed by atoms with E-state index in [4.69, 9.17) is 14.2 Å². The minimum atomic E-state index is -1.03. The van der Waals surface area contributed by atoms with Crippen molar-refractivity contribution in [2.45, 2.75) is 19.9 Å². The molecule has 0 radical (unpaired) electrons. The number of hydrogen-bond acceptors (Lipinski definition) is 9. The largest absolute Gasteiger partial charge is 0.507 e. The topological polar surface area (TPSA) is 115 Å². The normalized spacial score (nSPS) is 17.9. The molecule has 0 aliphatic carbocycles. The first-order chi connectivity index (χ1) is 18.3. The third kappa shape index (κ3) is 4.43. The van der Waals surface area contributed by atoms with Crippen LogP contribution in [0.1, 0.15) is 39.5 Å². The third-order valence-corrected chi connectivity index (χ3v) is 7.37. The van der Waals surface area contributed by atoms with Crippen molar-refractivity contribution in [1.82, 2.24) is 4.98 Å². The number of ketones is 2. The van der Waals surface area contributed by atoms with Crippen molar-refractivity contribution in [3.05, 3.63) is 82.4 Å². The molecule has 9 nitrogen and oxygen atoms in total. The Morgan fingerprint density at radius 2 is 1.97 bits per heavy atom. The molecular weight excluding hydrogens is 508 g/mol. The smallest absolute Gasteiger partial charge is 0.301 e. The number of aromatic nitrogens is 1. The van der Waals surface area contributed by atoms with Crippen LogP contribution in [0.25, 0.3) is 5.76 Å². The van der Waals surface area contributed by atoms with E-state index in [2.05, 4.69) is 11.6 Å². The summed E-state index contributed by atoms with van der Waals surface area (Å²) in [5.41, 5.74) is 1.14. The summed E-state index contributed by atoms with van der Waals surface area (Å²) in [6.07, 6.45) is 1.60. The van der Waals surface area contributed by atoms with Crippen molar-refractivity contribution >= 4 is 39.7 Å². The fourth-order valence-corrected chi connectivity index (χ4v) is 5.42. The summed E-state index contributed by atoms with van der Waals surface area (Å²) >= 11 is 1.02. The maximum Gasteiger partial charge on any atom is 0.301 e. The fourth-order valence-electron chi connectivity index (χ4n) is 4.43. The number of benzene rings is 2. The average Bonchev–Trinajstić information content (AvgIpc) is 3.43. The Bertz CT molecular complexity index is 1510. The van der Waals surface area contributed by atoms with Gasteiger partial charge in [0.1, 0.15) is 31.3 Å². The zero-order chi connectivity index (χ0) is 27.0. The van der Waals surface area contributed by atoms with Crippen LogP contribution < -0.4 is 19.1 Å². The minimum absolute atomic E-state index is 0.121. The molecule has 2 aliphatic rings. The first-order valence-corrected chi connectivity index (χ1v) is 12.6. The Kier molecular flexibility index (Phi) is 6.73. The molecule has 1 N–H and O–H groups in total. The summed E-state index contributed by atoms with van der Waals surface area (Å²) in [6, 6.07) is 10.7. The van der Waals surface area contributed by atoms with Gasteiger partial charge in [0.15, 0.2) is 22.4 Å². The number of aliphatic hydroxyl groups is 1. The highest BCUT2D eigenvalue weighted by Gasteiger charge is 2.48. The SMILES string of the molecule is C=CCOc1cccc(C2/C(=C(\O)c3ccc4c(c3)OCCO4)C(=O)C(=O)N2c2nc(C)c(C(C)=O)s2)c1. The molecule has 1 unspecified atom stereocenters. The highest BCUT2D eigenvalue weighted by molar-refractivity contribution is 7.18. The van der Waals surface area contributed by atoms with Gasteiger partial charge >= 0.3 is 5.91 Å². The van der Waals surface area contributed by atoms with Gasteiger partial charge in [0.05, 0.1) is 22.2 Å². The Morgan fingerprint density at radius 3 is 2.68 bits per heavy atom. The van der Waals surface area contributed by atoms with E-state index in [9.17, 15) is 19.5 Å². The molecule has 3 heterocycles. The zero-order valence-electron chi connectivity index (χ0n) is 20.7. The van der Waals surface area contributed by atoms with Crippen molar-refractivity contribution in [2.24, 2.45) is 0 Å². The second kappa shape index (κ2) is 10.1. The molecule has 0 saturated carbocycles. The molecule has 0 spiro atoms. The molecule has 1 aromatic heterocycles. The standard InChI is InChI=1S/C28H24N2O7S/c1-4-10-35-19-7-5-6-17(13-19)23-22(24(32)18-8-9-20-21(14-18)37-12-11-36-20)25(33)27(34)30(23)28-29-15(2)26(38-28)16(3)31/h4-9,13-14,23,32H,1,10-12H2,2-3H3/b24-22+. The number of nitrogens with zero attached hydrogens (tertiary/aromatic N) is 2. The average molecular weight is 533 g/mol. The number of amides is 1. The maximum atomic E-state index is 13.5. The van der Waals surface area contributed by atoms with Crippen LogP contribution in [0.2, 0.25) is 0 Å². The van der Waals surface area contributed by atoms with Crippen molar-refractivity contribution in [3.63, 3.8) is 0 Å². The quantitative estimate of drug-likeness (QED) is 0.154. The van der Waals surface area contributed by atoms with Crippen LogP contribution in [0.5, 0.6) is 17.2 Å². The van der Waals surface area contributed by atoms with Gasteiger partial charge in [-0.2, -0.15) is 0 Å². The lowest BCUT2D eigenvalue weighted by Gasteiger charge is -2.23. The van der Waals surface area contributed by atoms with Gasteiger partial charge < -0.3 is 19.3 Å². The van der Waals surface area contributed by atoms with Gasteiger partial charge in [-0.15, -0.1) is 0 Å². The van der Waals surface area contributed by atoms with E-state index < -0.39 is 17.7 Å². The molecule has 0 bridgehead atoms. The molecule has 1 atom stereocenters. The van der Waals surface area contributed by atoms with E-state index in [0.29, 0.717) is 46.6 Å². The van der Waals surface area contributed by atoms with Crippen LogP contribution in [0.4, 0.5) is 5.13 Å². The van der Waals surface area contributed by atoms with E-state index >= 15 is 0 Å². The number of carbonyl (C=O) groups is 3. The molecule has 1 fully saturated rings. The van der Waals surface area contributed by atoms with Crippen LogP contribution in [0.3, 0.4) is 0 Å². The number of rotatable bonds is 7. The lowest BCUT2D eigenvalue weighted by Crippen LogP contribution is -2.29. The van der Waals surface area contributed by atoms with Crippen LogP contribution in [-0.2, 0) is 9.59 Å². The summed E-state index contributed by atoms with van der Waals surface area (Å²) in [4.78, 5) is 45.1. The number of hydrogen-bond donors (Lipinski definition) is 1. The van der Waals surface area contributed by atoms with Gasteiger partial charge in [-0.3, -0.25) is 19.3 Å². The van der Waals surface area contributed by atoms with E-state index in [1.807, 2.05) is 0 Å². The number of ether oxygens (including phenoxy) is 3. The van der Waals surface area contributed by atoms with Crippen molar-refractivity contribution in [1.29, 1.82) is 0 Å². The molecule has 2 aliphatic heterocycles. The fraction of sp³-hybridized carbons (Fsp3) is 0.214. The molecule has 1 amide bonds. The van der Waals surface area contributed by atoms with Gasteiger partial charge in [0.25, 0.3) is 5.78 Å². The first kappa shape index (κ1) is 25.2. The maximum absolute atomic E-state index is 13.5. The number of anilines is 1. The van der Waals surface area contributed by atoms with Gasteiger partial charge in [0, 0.05) is 12.5 Å². The molecule has 3 aromatic rings. The van der Waals surface area contributed by atoms with Crippen LogP contribution in [0, 0.1) is 6.92 Å². The monoisotopic (exact) mass is 532 g/mol. The highest BCUT2D eigenvalue weighted by Crippen LogP contribution is 2.45. The van der Waals surface area contributed by atoms with E-state index in [-0.39, 0.29) is 34.4 Å². The van der Waals surface area contributed by atoms with E-state index in [1.54, 1.807) is 55.5 Å². The molecular formula is C28H24N2O7S. The van der Waals surface area contributed by atoms with Crippen LogP contribution >= 0.6 is 11.3 Å². The van der Waals surface area contributed by atoms with Gasteiger partial charge in [-0.25, -0.2) is 4.98 Å². The number of Topliss-reactive ketones (excluding diaryl/α,β-unsaturated/α-hetero) is 2. The number of aryl methyl sites for hydroxylation is 1. The summed E-state index contributed by atoms with van der Waals surface area (Å²) < 4.78 is 16.9. The van der Waals surface area contributed by atoms with Crippen LogP contribution in [0.15, 0.2) is 60.7 Å². The lowest BCUT2D eigenvalue weighted by molar-refractivity contribution is -0.132. The first-order valence-electron chi connectivity index (χ1n) is 11.8. The number of carbonyl (C=O) groups excluding carboxylic acids is 3. The summed E-state index contributed by atoms with van der Waals surface area (Å²) in [6.45, 7) is 7.75. The Morgan fingerprint density at radius 1 is 1.21 bits per heavy atom. The number of aliphatic hydroxyl groups excluding tert-OH is 1. The van der Waals surface area contributed by atoms with Crippen molar-refractivity contribution in [3.8, 4) is 17.2 Å². The molecule has 2 aromatic carbocycles. The Balaban J connectivity index is 1.69. The van der Waals surface area contributed by atoms with Gasteiger partial charge in [-0.05, 0) is 42.8 Å². The molecule has 5 rings (SSSR count). The van der Waals surface area contributed by atoms with Crippen LogP contribution in [-0.4, -0.2) is 47.4 Å². The van der Waals surface area contributed by atoms with E-state index in [0.717, 1.165) is 11.3 Å². The number of fused-ring (bicyclic) bond motifs is 1. The second-order valence-corrected chi connectivity index (χ2v) is 9.64. The minimum Gasteiger partial charge on any atom is -0.507 e. The summed E-state index contributed by atoms with van der Waals surface area (Å²) in [5.74, 6) is -0.875. The van der Waals surface area contributed by atoms with E-state index in [1.165, 1.54) is 11.8 Å². The van der Waals surface area contributed by atoms with Gasteiger partial charge in [0.2, 0.25) is 0 Å². The van der Waals surface area contributed by atoms with Crippen molar-refractivity contribution in [2.75, 3.05) is 24.7 Å². The van der Waals surface area contributed by atoms with Gasteiger partial charge in [-0.1, -0.05) is 36.1 Å². The summed E-state index contributed by atoms with van der Waals surface area (Å²) in [7, 11) is 0. The molecule has 194 valence electrons. The zero-order valence-corrected chi connectivity index (χ0v) is 21.5. The molecule has 1 saturated heterocycles.